The molecule has 10 rings (SSSR count). The molecule has 0 spiro atoms. The maximum Gasteiger partial charge on any atom is 0.164 e. The first-order chi connectivity index (χ1) is 26.2. The van der Waals surface area contributed by atoms with E-state index in [1.54, 1.807) is 0 Å². The van der Waals surface area contributed by atoms with Crippen LogP contribution in [0.15, 0.2) is 192 Å². The highest BCUT2D eigenvalue weighted by atomic mass is 16.3. The molecule has 4 nitrogen and oxygen atoms in total. The number of fused-ring (bicyclic) bond motifs is 5. The van der Waals surface area contributed by atoms with E-state index in [2.05, 4.69) is 146 Å². The van der Waals surface area contributed by atoms with Crippen molar-refractivity contribution in [1.82, 2.24) is 15.0 Å². The lowest BCUT2D eigenvalue weighted by Crippen LogP contribution is -2.00. The summed E-state index contributed by atoms with van der Waals surface area (Å²) in [5, 5.41) is 4.64. The highest BCUT2D eigenvalue weighted by Crippen LogP contribution is 2.40. The van der Waals surface area contributed by atoms with E-state index >= 15 is 0 Å². The smallest absolute Gasteiger partial charge is 0.164 e. The number of furan rings is 1. The number of benzene rings is 8. The molecule has 0 atom stereocenters. The molecule has 248 valence electrons. The van der Waals surface area contributed by atoms with Gasteiger partial charge in [-0.25, -0.2) is 15.0 Å². The predicted molar refractivity (Wildman–Crippen MR) is 217 cm³/mol. The van der Waals surface area contributed by atoms with Crippen molar-refractivity contribution in [3.05, 3.63) is 188 Å². The molecule has 0 unspecified atom stereocenters. The van der Waals surface area contributed by atoms with Gasteiger partial charge in [-0.3, -0.25) is 0 Å². The molecule has 0 amide bonds. The van der Waals surface area contributed by atoms with Gasteiger partial charge in [-0.05, 0) is 74.5 Å². The molecule has 0 radical (unpaired) electrons. The Kier molecular flexibility index (Phi) is 7.43. The molecule has 8 aromatic carbocycles. The quantitative estimate of drug-likeness (QED) is 0.176. The van der Waals surface area contributed by atoms with Crippen molar-refractivity contribution >= 4 is 32.7 Å². The number of hydrogen-bond donors (Lipinski definition) is 0. The zero-order valence-electron chi connectivity index (χ0n) is 28.6. The van der Waals surface area contributed by atoms with Gasteiger partial charge in [-0.2, -0.15) is 0 Å². The van der Waals surface area contributed by atoms with Gasteiger partial charge in [0.2, 0.25) is 0 Å². The Hall–Kier alpha value is -7.17. The van der Waals surface area contributed by atoms with E-state index in [-0.39, 0.29) is 0 Å². The molecule has 2 aromatic heterocycles. The Morgan fingerprint density at radius 3 is 1.64 bits per heavy atom. The zero-order chi connectivity index (χ0) is 35.1. The van der Waals surface area contributed by atoms with E-state index < -0.39 is 0 Å². The average molecular weight is 678 g/mol. The van der Waals surface area contributed by atoms with Crippen LogP contribution in [-0.2, 0) is 0 Å². The van der Waals surface area contributed by atoms with Crippen molar-refractivity contribution in [2.45, 2.75) is 0 Å². The van der Waals surface area contributed by atoms with Gasteiger partial charge in [0.1, 0.15) is 11.2 Å². The molecule has 53 heavy (non-hydrogen) atoms. The van der Waals surface area contributed by atoms with E-state index in [0.29, 0.717) is 17.5 Å². The Morgan fingerprint density at radius 1 is 0.302 bits per heavy atom. The highest BCUT2D eigenvalue weighted by Gasteiger charge is 2.18. The molecule has 0 aliphatic rings. The summed E-state index contributed by atoms with van der Waals surface area (Å²) in [5.41, 5.74) is 11.1. The van der Waals surface area contributed by atoms with Crippen LogP contribution in [0.2, 0.25) is 0 Å². The molecule has 0 aliphatic heterocycles. The SMILES string of the molecule is c1ccc(-c2cccc(-c3nc(-c4ccccc4)nc(-c4ccc(-c5ccccc5)c(-c5ccc6c(c5)oc5ccc7ccccc7c56)c4)n3)c2)cc1. The summed E-state index contributed by atoms with van der Waals surface area (Å²) in [7, 11) is 0. The van der Waals surface area contributed by atoms with E-state index in [9.17, 15) is 0 Å². The monoisotopic (exact) mass is 677 g/mol. The summed E-state index contributed by atoms with van der Waals surface area (Å²) in [6, 6.07) is 65.1. The van der Waals surface area contributed by atoms with Crippen LogP contribution in [0.4, 0.5) is 0 Å². The highest BCUT2D eigenvalue weighted by molar-refractivity contribution is 6.19. The van der Waals surface area contributed by atoms with Crippen molar-refractivity contribution in [3.8, 4) is 67.5 Å². The molecular weight excluding hydrogens is 647 g/mol. The topological polar surface area (TPSA) is 51.8 Å². The summed E-state index contributed by atoms with van der Waals surface area (Å²) in [6.45, 7) is 0. The van der Waals surface area contributed by atoms with Gasteiger partial charge in [-0.15, -0.1) is 0 Å². The first-order valence-corrected chi connectivity index (χ1v) is 17.8. The number of hydrogen-bond acceptors (Lipinski definition) is 4. The van der Waals surface area contributed by atoms with Gasteiger partial charge < -0.3 is 4.42 Å². The second kappa shape index (κ2) is 12.9. The van der Waals surface area contributed by atoms with Crippen LogP contribution in [-0.4, -0.2) is 15.0 Å². The number of aromatic nitrogens is 3. The summed E-state index contributed by atoms with van der Waals surface area (Å²) in [5.74, 6) is 1.85. The van der Waals surface area contributed by atoms with Crippen LogP contribution in [0.25, 0.3) is 100 Å². The molecule has 0 bridgehead atoms. The lowest BCUT2D eigenvalue weighted by Gasteiger charge is -2.14. The molecule has 0 aliphatic carbocycles. The largest absolute Gasteiger partial charge is 0.456 e. The first-order valence-electron chi connectivity index (χ1n) is 17.8. The lowest BCUT2D eigenvalue weighted by molar-refractivity contribution is 0.669. The molecule has 10 aromatic rings. The fraction of sp³-hybridized carbons (Fsp3) is 0. The van der Waals surface area contributed by atoms with E-state index in [0.717, 1.165) is 72.0 Å². The third-order valence-electron chi connectivity index (χ3n) is 9.93. The third-order valence-corrected chi connectivity index (χ3v) is 9.93. The van der Waals surface area contributed by atoms with Crippen LogP contribution in [0.1, 0.15) is 0 Å². The normalized spacial score (nSPS) is 11.4. The minimum Gasteiger partial charge on any atom is -0.456 e. The maximum absolute atomic E-state index is 6.52. The van der Waals surface area contributed by atoms with E-state index in [1.165, 1.54) is 10.8 Å². The Morgan fingerprint density at radius 2 is 0.887 bits per heavy atom. The maximum atomic E-state index is 6.52. The molecule has 2 heterocycles. The van der Waals surface area contributed by atoms with Gasteiger partial charge in [-0.1, -0.05) is 158 Å². The van der Waals surface area contributed by atoms with Gasteiger partial charge in [0.05, 0.1) is 0 Å². The van der Waals surface area contributed by atoms with Crippen LogP contribution >= 0.6 is 0 Å². The van der Waals surface area contributed by atoms with Crippen LogP contribution < -0.4 is 0 Å². The van der Waals surface area contributed by atoms with Crippen molar-refractivity contribution in [2.24, 2.45) is 0 Å². The first kappa shape index (κ1) is 30.6. The minimum atomic E-state index is 0.608. The summed E-state index contributed by atoms with van der Waals surface area (Å²) in [4.78, 5) is 15.2. The fourth-order valence-electron chi connectivity index (χ4n) is 7.32. The van der Waals surface area contributed by atoms with E-state index in [4.69, 9.17) is 19.4 Å². The van der Waals surface area contributed by atoms with Gasteiger partial charge >= 0.3 is 0 Å². The summed E-state index contributed by atoms with van der Waals surface area (Å²) in [6.07, 6.45) is 0. The molecule has 0 saturated carbocycles. The molecule has 0 N–H and O–H groups in total. The van der Waals surface area contributed by atoms with Crippen molar-refractivity contribution in [1.29, 1.82) is 0 Å². The fourth-order valence-corrected chi connectivity index (χ4v) is 7.32. The molecule has 4 heteroatoms. The number of nitrogens with zero attached hydrogens (tertiary/aromatic N) is 3. The zero-order valence-corrected chi connectivity index (χ0v) is 28.6. The number of rotatable bonds is 6. The van der Waals surface area contributed by atoms with Crippen LogP contribution in [0.5, 0.6) is 0 Å². The second-order valence-corrected chi connectivity index (χ2v) is 13.2. The standard InChI is InChI=1S/C49H31N3O/c1-4-13-32(14-5-1)36-20-12-21-38(29-36)48-50-47(35-18-8-3-9-19-35)51-49(52-48)39-24-26-40(33-15-6-2-7-16-33)43(30-39)37-23-27-42-45(31-37)53-44-28-25-34-17-10-11-22-41(34)46(42)44/h1-31H. The molecular formula is C49H31N3O. The summed E-state index contributed by atoms with van der Waals surface area (Å²) < 4.78 is 6.52. The van der Waals surface area contributed by atoms with Gasteiger partial charge in [0, 0.05) is 27.5 Å². The molecule has 0 fully saturated rings. The molecule has 0 saturated heterocycles. The van der Waals surface area contributed by atoms with Gasteiger partial charge in [0.15, 0.2) is 17.5 Å². The van der Waals surface area contributed by atoms with Crippen molar-refractivity contribution in [2.75, 3.05) is 0 Å². The van der Waals surface area contributed by atoms with Crippen molar-refractivity contribution < 1.29 is 4.42 Å². The van der Waals surface area contributed by atoms with Crippen molar-refractivity contribution in [3.63, 3.8) is 0 Å². The van der Waals surface area contributed by atoms with Crippen LogP contribution in [0.3, 0.4) is 0 Å². The van der Waals surface area contributed by atoms with E-state index in [1.807, 2.05) is 42.5 Å². The Balaban J connectivity index is 1.16. The minimum absolute atomic E-state index is 0.608. The Labute approximate surface area is 306 Å². The second-order valence-electron chi connectivity index (χ2n) is 13.2. The third kappa shape index (κ3) is 5.63. The lowest BCUT2D eigenvalue weighted by atomic mass is 9.92. The average Bonchev–Trinajstić information content (AvgIpc) is 3.63. The van der Waals surface area contributed by atoms with Crippen LogP contribution in [0, 0.1) is 0 Å². The summed E-state index contributed by atoms with van der Waals surface area (Å²) >= 11 is 0. The van der Waals surface area contributed by atoms with Gasteiger partial charge in [0.25, 0.3) is 0 Å². The predicted octanol–water partition coefficient (Wildman–Crippen LogP) is 12.9. The Bertz CT molecular complexity index is 2940.